The van der Waals surface area contributed by atoms with E-state index in [2.05, 4.69) is 48.4 Å². The van der Waals surface area contributed by atoms with E-state index >= 15 is 0 Å². The average Bonchev–Trinajstić information content (AvgIpc) is 2.50. The summed E-state index contributed by atoms with van der Waals surface area (Å²) in [4.78, 5) is 4.60. The number of hydrogen-bond donors (Lipinski definition) is 1. The van der Waals surface area contributed by atoms with Gasteiger partial charge in [0.05, 0.1) is 10.5 Å². The number of rotatable bonds is 4. The summed E-state index contributed by atoms with van der Waals surface area (Å²) < 4.78 is 0. The van der Waals surface area contributed by atoms with Crippen molar-refractivity contribution >= 4 is 34.0 Å². The van der Waals surface area contributed by atoms with Gasteiger partial charge in [-0.05, 0) is 48.2 Å². The van der Waals surface area contributed by atoms with Crippen molar-refractivity contribution in [1.82, 2.24) is 4.98 Å². The number of anilines is 2. The second kappa shape index (κ2) is 6.37. The molecule has 112 valence electrons. The van der Waals surface area contributed by atoms with Crippen LogP contribution in [0.1, 0.15) is 19.4 Å². The van der Waals surface area contributed by atoms with Gasteiger partial charge in [-0.25, -0.2) is 4.98 Å². The van der Waals surface area contributed by atoms with E-state index in [4.69, 9.17) is 11.6 Å². The molecular weight excluding hydrogens is 292 g/mol. The monoisotopic (exact) mass is 310 g/mol. The van der Waals surface area contributed by atoms with E-state index in [1.165, 1.54) is 5.56 Å². The smallest absolute Gasteiger partial charge is 0.131 e. The summed E-state index contributed by atoms with van der Waals surface area (Å²) in [5, 5.41) is 5.06. The maximum absolute atomic E-state index is 6.21. The lowest BCUT2D eigenvalue weighted by molar-refractivity contribution is 0.647. The molecule has 0 amide bonds. The van der Waals surface area contributed by atoms with E-state index in [1.54, 1.807) is 0 Å². The van der Waals surface area contributed by atoms with E-state index in [1.807, 2.05) is 30.3 Å². The van der Waals surface area contributed by atoms with Gasteiger partial charge in [0.1, 0.15) is 5.82 Å². The van der Waals surface area contributed by atoms with E-state index < -0.39 is 0 Å². The summed E-state index contributed by atoms with van der Waals surface area (Å²) >= 11 is 6.21. The molecule has 3 heteroatoms. The van der Waals surface area contributed by atoms with Crippen LogP contribution in [0.5, 0.6) is 0 Å². The third-order valence-electron chi connectivity index (χ3n) is 3.54. The zero-order chi connectivity index (χ0) is 15.5. The molecule has 0 atom stereocenters. The van der Waals surface area contributed by atoms with E-state index in [0.29, 0.717) is 10.9 Å². The molecule has 0 bridgehead atoms. The standard InChI is InChI=1S/C19H19ClN2/c1-13(2)12-14-6-9-16(10-7-14)21-18-11-8-15-4-3-5-17(20)19(15)22-18/h3-11,13H,12H2,1-2H3,(H,21,22). The molecule has 0 saturated carbocycles. The van der Waals surface area contributed by atoms with Crippen molar-refractivity contribution < 1.29 is 0 Å². The lowest BCUT2D eigenvalue weighted by Gasteiger charge is -2.09. The van der Waals surface area contributed by atoms with Gasteiger partial charge < -0.3 is 5.32 Å². The maximum atomic E-state index is 6.21. The number of hydrogen-bond acceptors (Lipinski definition) is 2. The van der Waals surface area contributed by atoms with Crippen molar-refractivity contribution in [2.75, 3.05) is 5.32 Å². The molecule has 0 radical (unpaired) electrons. The molecule has 2 nitrogen and oxygen atoms in total. The molecule has 1 heterocycles. The van der Waals surface area contributed by atoms with E-state index in [-0.39, 0.29) is 0 Å². The van der Waals surface area contributed by atoms with Gasteiger partial charge in [-0.15, -0.1) is 0 Å². The molecule has 0 fully saturated rings. The SMILES string of the molecule is CC(C)Cc1ccc(Nc2ccc3cccc(Cl)c3n2)cc1. The summed E-state index contributed by atoms with van der Waals surface area (Å²) in [5.41, 5.74) is 3.21. The number of para-hydroxylation sites is 1. The fourth-order valence-corrected chi connectivity index (χ4v) is 2.75. The van der Waals surface area contributed by atoms with Crippen molar-refractivity contribution in [2.45, 2.75) is 20.3 Å². The average molecular weight is 311 g/mol. The first-order valence-electron chi connectivity index (χ1n) is 7.53. The van der Waals surface area contributed by atoms with Crippen LogP contribution in [-0.4, -0.2) is 4.98 Å². The number of fused-ring (bicyclic) bond motifs is 1. The van der Waals surface area contributed by atoms with Crippen molar-refractivity contribution in [2.24, 2.45) is 5.92 Å². The molecule has 0 unspecified atom stereocenters. The van der Waals surface area contributed by atoms with E-state index in [0.717, 1.165) is 28.8 Å². The first-order valence-corrected chi connectivity index (χ1v) is 7.91. The fourth-order valence-electron chi connectivity index (χ4n) is 2.52. The first-order chi connectivity index (χ1) is 10.6. The van der Waals surface area contributed by atoms with Crippen molar-refractivity contribution in [3.8, 4) is 0 Å². The number of nitrogens with zero attached hydrogens (tertiary/aromatic N) is 1. The molecule has 1 aromatic heterocycles. The van der Waals surface area contributed by atoms with Gasteiger partial charge in [0, 0.05) is 11.1 Å². The van der Waals surface area contributed by atoms with Crippen LogP contribution < -0.4 is 5.32 Å². The van der Waals surface area contributed by atoms with E-state index in [9.17, 15) is 0 Å². The Morgan fingerprint density at radius 2 is 1.77 bits per heavy atom. The molecule has 1 N–H and O–H groups in total. The third-order valence-corrected chi connectivity index (χ3v) is 3.85. The number of pyridine rings is 1. The zero-order valence-electron chi connectivity index (χ0n) is 12.8. The highest BCUT2D eigenvalue weighted by atomic mass is 35.5. The molecule has 0 spiro atoms. The van der Waals surface area contributed by atoms with Crippen LogP contribution in [0.15, 0.2) is 54.6 Å². The topological polar surface area (TPSA) is 24.9 Å². The minimum Gasteiger partial charge on any atom is -0.340 e. The van der Waals surface area contributed by atoms with Crippen molar-refractivity contribution in [1.29, 1.82) is 0 Å². The molecule has 22 heavy (non-hydrogen) atoms. The van der Waals surface area contributed by atoms with Crippen molar-refractivity contribution in [3.63, 3.8) is 0 Å². The summed E-state index contributed by atoms with van der Waals surface area (Å²) in [7, 11) is 0. The minimum absolute atomic E-state index is 0.670. The lowest BCUT2D eigenvalue weighted by Crippen LogP contribution is -1.96. The van der Waals surface area contributed by atoms with Gasteiger partial charge in [-0.1, -0.05) is 49.7 Å². The molecule has 3 aromatic rings. The summed E-state index contributed by atoms with van der Waals surface area (Å²) in [5.74, 6) is 1.47. The van der Waals surface area contributed by atoms with Crippen LogP contribution in [0.3, 0.4) is 0 Å². The first kappa shape index (κ1) is 14.9. The largest absolute Gasteiger partial charge is 0.340 e. The summed E-state index contributed by atoms with van der Waals surface area (Å²) in [6.07, 6.45) is 1.10. The van der Waals surface area contributed by atoms with Crippen LogP contribution in [-0.2, 0) is 6.42 Å². The quantitative estimate of drug-likeness (QED) is 0.655. The van der Waals surface area contributed by atoms with Gasteiger partial charge in [0.2, 0.25) is 0 Å². The maximum Gasteiger partial charge on any atom is 0.131 e. The van der Waals surface area contributed by atoms with Crippen LogP contribution in [0.2, 0.25) is 5.02 Å². The summed E-state index contributed by atoms with van der Waals surface area (Å²) in [6.45, 7) is 4.46. The molecule has 2 aromatic carbocycles. The Hall–Kier alpha value is -2.06. The highest BCUT2D eigenvalue weighted by Gasteiger charge is 2.03. The Bertz CT molecular complexity index is 779. The van der Waals surface area contributed by atoms with Gasteiger partial charge in [-0.2, -0.15) is 0 Å². The number of nitrogens with one attached hydrogen (secondary N) is 1. The highest BCUT2D eigenvalue weighted by Crippen LogP contribution is 2.24. The predicted octanol–water partition coefficient (Wildman–Crippen LogP) is 5.83. The Kier molecular flexibility index (Phi) is 4.30. The normalized spacial score (nSPS) is 11.1. The Morgan fingerprint density at radius 1 is 1.00 bits per heavy atom. The lowest BCUT2D eigenvalue weighted by atomic mass is 10.0. The summed E-state index contributed by atoms with van der Waals surface area (Å²) in [6, 6.07) is 18.3. The van der Waals surface area contributed by atoms with Crippen LogP contribution in [0.4, 0.5) is 11.5 Å². The van der Waals surface area contributed by atoms with Gasteiger partial charge in [0.15, 0.2) is 0 Å². The van der Waals surface area contributed by atoms with Gasteiger partial charge in [0.25, 0.3) is 0 Å². The number of halogens is 1. The van der Waals surface area contributed by atoms with Crippen LogP contribution in [0.25, 0.3) is 10.9 Å². The molecule has 0 aliphatic heterocycles. The zero-order valence-corrected chi connectivity index (χ0v) is 13.6. The minimum atomic E-state index is 0.670. The van der Waals surface area contributed by atoms with Gasteiger partial charge >= 0.3 is 0 Å². The molecule has 3 rings (SSSR count). The number of aromatic nitrogens is 1. The van der Waals surface area contributed by atoms with Crippen LogP contribution in [0, 0.1) is 5.92 Å². The fraction of sp³-hybridized carbons (Fsp3) is 0.211. The Labute approximate surface area is 136 Å². The molecule has 0 aliphatic rings. The second-order valence-corrected chi connectivity index (χ2v) is 6.34. The Balaban J connectivity index is 1.82. The molecular formula is C19H19ClN2. The third kappa shape index (κ3) is 3.40. The number of benzene rings is 2. The molecule has 0 saturated heterocycles. The van der Waals surface area contributed by atoms with Gasteiger partial charge in [-0.3, -0.25) is 0 Å². The molecule has 0 aliphatic carbocycles. The van der Waals surface area contributed by atoms with Crippen molar-refractivity contribution in [3.05, 3.63) is 65.2 Å². The second-order valence-electron chi connectivity index (χ2n) is 5.93. The highest BCUT2D eigenvalue weighted by molar-refractivity contribution is 6.35. The predicted molar refractivity (Wildman–Crippen MR) is 95.0 cm³/mol. The Morgan fingerprint density at radius 3 is 2.50 bits per heavy atom. The van der Waals surface area contributed by atoms with Crippen LogP contribution >= 0.6 is 11.6 Å².